The zero-order chi connectivity index (χ0) is 73.7. The summed E-state index contributed by atoms with van der Waals surface area (Å²) in [6.45, 7) is 2.49. The Bertz CT molecular complexity index is 2320. The minimum absolute atomic E-state index is 0.0898. The molecular formula is C83H144O16P2. The van der Waals surface area contributed by atoms with Gasteiger partial charge < -0.3 is 34.2 Å². The molecule has 5 unspecified atom stereocenters. The van der Waals surface area contributed by atoms with Crippen LogP contribution in [0.2, 0.25) is 0 Å². The Morgan fingerprint density at radius 3 is 0.871 bits per heavy atom. The van der Waals surface area contributed by atoms with E-state index >= 15 is 0 Å². The molecule has 0 saturated heterocycles. The normalized spacial score (nSPS) is 14.6. The van der Waals surface area contributed by atoms with Crippen molar-refractivity contribution in [2.24, 2.45) is 0 Å². The van der Waals surface area contributed by atoms with Crippen LogP contribution < -0.4 is 0 Å². The van der Waals surface area contributed by atoms with Gasteiger partial charge in [-0.05, 0) is 128 Å². The minimum atomic E-state index is -4.93. The molecule has 0 aliphatic heterocycles. The number of carbonyl (C=O) groups is 3. The summed E-state index contributed by atoms with van der Waals surface area (Å²) in [5.41, 5.74) is 0. The lowest BCUT2D eigenvalue weighted by Crippen LogP contribution is -2.30. The number of phosphoric acid groups is 2. The topological polar surface area (TPSA) is 231 Å². The van der Waals surface area contributed by atoms with Crippen LogP contribution >= 0.6 is 15.6 Å². The number of hydrogen-bond donors (Lipinski definition) is 4. The van der Waals surface area contributed by atoms with Crippen molar-refractivity contribution < 1.29 is 75.8 Å². The van der Waals surface area contributed by atoms with Crippen LogP contribution in [0.15, 0.2) is 122 Å². The van der Waals surface area contributed by atoms with Gasteiger partial charge in [0.25, 0.3) is 0 Å². The summed E-state index contributed by atoms with van der Waals surface area (Å²) in [4.78, 5) is 58.5. The highest BCUT2D eigenvalue weighted by Crippen LogP contribution is 2.45. The molecule has 0 amide bonds. The number of unbranched alkanes of at least 4 members (excludes halogenated alkanes) is 32. The highest BCUT2D eigenvalue weighted by atomic mass is 31.2. The molecule has 0 bridgehead atoms. The SMILES string of the molecule is CC/C=C\C/C=C\C/C=C\C/C=C\C/C=C\CCCCCCCCCC(=O)OCC(COP(=O)(O)OCC(O)COP(=O)(O)OCC(O)COC(=O)CCCCCCCCCCCCCCCCC/C=C\C/C=C\C/C=C\C/C=C\CCCCC)OC(=O)CCCCCCC/C=C\CCCC. The standard InChI is InChI=1S/C83H144O16P2/c1-4-7-10-13-16-19-22-24-26-28-30-32-34-35-36-37-38-39-40-41-43-45-46-48-50-52-55-57-60-63-66-69-81(86)93-72-78(84)73-95-100(89,90)96-74-79(85)75-97-101(91,92)98-77-80(99-83(88)71-68-65-62-59-54-21-18-15-12-9-6-3)76-94-82(87)70-67-64-61-58-56-53-51-49-47-44-42-33-31-29-27-25-23-20-17-14-11-8-5-2/h8,11,15-20,24-27,30-33,35-36,44,47,78-80,84-85H,4-7,9-10,12-14,21-23,28-29,34,37-43,45-46,48-77H2,1-3H3,(H,89,90)(H,91,92)/b11-8-,18-15-,19-16-,20-17-,26-24-,27-25-,32-30-,33-31-,36-35-,47-44-. The minimum Gasteiger partial charge on any atom is -0.463 e. The molecule has 0 aromatic rings. The molecule has 0 aliphatic carbocycles. The van der Waals surface area contributed by atoms with Crippen molar-refractivity contribution in [1.29, 1.82) is 0 Å². The second-order valence-electron chi connectivity index (χ2n) is 26.5. The largest absolute Gasteiger partial charge is 0.472 e. The van der Waals surface area contributed by atoms with Gasteiger partial charge in [0.05, 0.1) is 26.4 Å². The Morgan fingerprint density at radius 2 is 0.535 bits per heavy atom. The predicted molar refractivity (Wildman–Crippen MR) is 417 cm³/mol. The Kier molecular flexibility index (Phi) is 72.6. The summed E-state index contributed by atoms with van der Waals surface area (Å²) >= 11 is 0. The third kappa shape index (κ3) is 76.9. The van der Waals surface area contributed by atoms with Crippen molar-refractivity contribution in [2.75, 3.05) is 39.6 Å². The zero-order valence-corrected chi connectivity index (χ0v) is 65.3. The number of aliphatic hydroxyl groups is 2. The first kappa shape index (κ1) is 97.0. The summed E-state index contributed by atoms with van der Waals surface area (Å²) in [7, 11) is -9.79. The predicted octanol–water partition coefficient (Wildman–Crippen LogP) is 23.3. The van der Waals surface area contributed by atoms with E-state index in [9.17, 15) is 43.5 Å². The van der Waals surface area contributed by atoms with Crippen LogP contribution in [0.3, 0.4) is 0 Å². The van der Waals surface area contributed by atoms with E-state index in [1.807, 2.05) is 0 Å². The van der Waals surface area contributed by atoms with E-state index in [-0.39, 0.29) is 19.3 Å². The van der Waals surface area contributed by atoms with E-state index in [4.69, 9.17) is 32.3 Å². The number of ether oxygens (including phenoxy) is 3. The van der Waals surface area contributed by atoms with Gasteiger partial charge in [0, 0.05) is 19.3 Å². The average molecular weight is 1460 g/mol. The summed E-state index contributed by atoms with van der Waals surface area (Å²) < 4.78 is 61.0. The molecule has 0 fully saturated rings. The second kappa shape index (κ2) is 75.6. The van der Waals surface area contributed by atoms with E-state index in [0.29, 0.717) is 19.3 Å². The number of esters is 3. The Morgan fingerprint density at radius 1 is 0.287 bits per heavy atom. The first-order valence-electron chi connectivity index (χ1n) is 39.8. The number of aliphatic hydroxyl groups excluding tert-OH is 2. The van der Waals surface area contributed by atoms with Crippen LogP contribution in [-0.4, -0.2) is 95.9 Å². The van der Waals surface area contributed by atoms with Gasteiger partial charge in [-0.3, -0.25) is 32.5 Å². The fraction of sp³-hybridized carbons (Fsp3) is 0.723. The van der Waals surface area contributed by atoms with Crippen molar-refractivity contribution in [3.8, 4) is 0 Å². The first-order chi connectivity index (χ1) is 49.2. The Balaban J connectivity index is 4.41. The van der Waals surface area contributed by atoms with Crippen molar-refractivity contribution in [2.45, 2.75) is 347 Å². The van der Waals surface area contributed by atoms with Crippen LogP contribution in [0.1, 0.15) is 329 Å². The fourth-order valence-electron chi connectivity index (χ4n) is 10.6. The lowest BCUT2D eigenvalue weighted by atomic mass is 10.0. The number of rotatable bonds is 75. The second-order valence-corrected chi connectivity index (χ2v) is 29.4. The van der Waals surface area contributed by atoms with Gasteiger partial charge in [-0.25, -0.2) is 9.13 Å². The average Bonchev–Trinajstić information content (AvgIpc) is 0.944. The molecular weight excluding hydrogens is 1310 g/mol. The van der Waals surface area contributed by atoms with Crippen molar-refractivity contribution in [3.05, 3.63) is 122 Å². The molecule has 0 spiro atoms. The number of allylic oxidation sites excluding steroid dienone is 20. The van der Waals surface area contributed by atoms with Gasteiger partial charge in [0.2, 0.25) is 0 Å². The van der Waals surface area contributed by atoms with Gasteiger partial charge in [-0.15, -0.1) is 0 Å². The molecule has 101 heavy (non-hydrogen) atoms. The van der Waals surface area contributed by atoms with E-state index in [1.165, 1.54) is 116 Å². The maximum Gasteiger partial charge on any atom is 0.472 e. The first-order valence-corrected chi connectivity index (χ1v) is 42.8. The monoisotopic (exact) mass is 1460 g/mol. The molecule has 0 heterocycles. The third-order valence-electron chi connectivity index (χ3n) is 16.6. The molecule has 0 radical (unpaired) electrons. The van der Waals surface area contributed by atoms with E-state index in [0.717, 1.165) is 154 Å². The van der Waals surface area contributed by atoms with Gasteiger partial charge in [-0.2, -0.15) is 0 Å². The molecule has 16 nitrogen and oxygen atoms in total. The van der Waals surface area contributed by atoms with Crippen LogP contribution in [0.25, 0.3) is 0 Å². The van der Waals surface area contributed by atoms with Crippen molar-refractivity contribution in [1.82, 2.24) is 0 Å². The number of hydrogen-bond acceptors (Lipinski definition) is 14. The molecule has 0 aliphatic rings. The maximum absolute atomic E-state index is 12.9. The molecule has 0 aromatic carbocycles. The summed E-state index contributed by atoms with van der Waals surface area (Å²) in [6, 6.07) is 0. The number of phosphoric ester groups is 2. The molecule has 0 saturated carbocycles. The summed E-state index contributed by atoms with van der Waals surface area (Å²) in [5, 5.41) is 20.6. The molecule has 0 rings (SSSR count). The molecule has 5 atom stereocenters. The molecule has 0 aromatic heterocycles. The zero-order valence-electron chi connectivity index (χ0n) is 63.5. The maximum atomic E-state index is 12.9. The third-order valence-corrected chi connectivity index (χ3v) is 18.5. The van der Waals surface area contributed by atoms with Gasteiger partial charge >= 0.3 is 33.6 Å². The highest BCUT2D eigenvalue weighted by molar-refractivity contribution is 7.47. The molecule has 582 valence electrons. The smallest absolute Gasteiger partial charge is 0.463 e. The summed E-state index contributed by atoms with van der Waals surface area (Å²) in [5.74, 6) is -1.59. The van der Waals surface area contributed by atoms with Crippen molar-refractivity contribution >= 4 is 33.6 Å². The van der Waals surface area contributed by atoms with Crippen LogP contribution in [0.5, 0.6) is 0 Å². The number of carbonyl (C=O) groups excluding carboxylic acids is 3. The Hall–Kier alpha value is -4.05. The van der Waals surface area contributed by atoms with E-state index < -0.39 is 91.5 Å². The van der Waals surface area contributed by atoms with Crippen LogP contribution in [0.4, 0.5) is 0 Å². The van der Waals surface area contributed by atoms with Gasteiger partial charge in [0.1, 0.15) is 25.4 Å². The van der Waals surface area contributed by atoms with Crippen LogP contribution in [0, 0.1) is 0 Å². The fourth-order valence-corrected chi connectivity index (χ4v) is 12.1. The quantitative estimate of drug-likeness (QED) is 0.0146. The summed E-state index contributed by atoms with van der Waals surface area (Å²) in [6.07, 6.45) is 89.8. The lowest BCUT2D eigenvalue weighted by molar-refractivity contribution is -0.161. The van der Waals surface area contributed by atoms with Gasteiger partial charge in [0.15, 0.2) is 6.10 Å². The van der Waals surface area contributed by atoms with Crippen molar-refractivity contribution in [3.63, 3.8) is 0 Å². The molecule has 4 N–H and O–H groups in total. The van der Waals surface area contributed by atoms with E-state index in [2.05, 4.69) is 142 Å². The van der Waals surface area contributed by atoms with Crippen LogP contribution in [-0.2, 0) is 55.8 Å². The highest BCUT2D eigenvalue weighted by Gasteiger charge is 2.29. The lowest BCUT2D eigenvalue weighted by Gasteiger charge is -2.21. The van der Waals surface area contributed by atoms with E-state index in [1.54, 1.807) is 0 Å². The van der Waals surface area contributed by atoms with Gasteiger partial charge in [-0.1, -0.05) is 303 Å². The molecule has 18 heteroatoms. The Labute approximate surface area is 614 Å².